The van der Waals surface area contributed by atoms with E-state index >= 15 is 0 Å². The predicted octanol–water partition coefficient (Wildman–Crippen LogP) is 5.37. The second-order valence-electron chi connectivity index (χ2n) is 8.85. The summed E-state index contributed by atoms with van der Waals surface area (Å²) in [6, 6.07) is 24.6. The number of fused-ring (bicyclic) bond motifs is 2. The van der Waals surface area contributed by atoms with Crippen LogP contribution in [-0.4, -0.2) is 36.0 Å². The van der Waals surface area contributed by atoms with E-state index < -0.39 is 0 Å². The fraction of sp³-hybridized carbons (Fsp3) is 0.286. The number of anilines is 1. The Kier molecular flexibility index (Phi) is 6.47. The van der Waals surface area contributed by atoms with Crippen LogP contribution in [0.4, 0.5) is 10.5 Å². The highest BCUT2D eigenvalue weighted by atomic mass is 16.5. The summed E-state index contributed by atoms with van der Waals surface area (Å²) in [5, 5.41) is 5.99. The minimum atomic E-state index is -0.340. The molecule has 6 heteroatoms. The maximum Gasteiger partial charge on any atom is 0.319 e. The van der Waals surface area contributed by atoms with Gasteiger partial charge in [0.05, 0.1) is 18.2 Å². The van der Waals surface area contributed by atoms with Crippen molar-refractivity contribution in [3.63, 3.8) is 0 Å². The number of rotatable bonds is 4. The SMILES string of the molecule is O=C(Nc1ccc2c(c1)C(=O)N1CCCCC1CCO2)NC(c1ccccc1)c1ccccc1. The zero-order chi connectivity index (χ0) is 23.3. The average molecular weight is 456 g/mol. The second kappa shape index (κ2) is 10.00. The van der Waals surface area contributed by atoms with Gasteiger partial charge in [-0.25, -0.2) is 4.79 Å². The summed E-state index contributed by atoms with van der Waals surface area (Å²) < 4.78 is 5.91. The molecular formula is C28H29N3O3. The summed E-state index contributed by atoms with van der Waals surface area (Å²) in [6.45, 7) is 1.36. The molecule has 34 heavy (non-hydrogen) atoms. The molecule has 2 heterocycles. The van der Waals surface area contributed by atoms with Crippen molar-refractivity contribution in [2.24, 2.45) is 0 Å². The Morgan fingerprint density at radius 1 is 0.912 bits per heavy atom. The number of piperidine rings is 1. The van der Waals surface area contributed by atoms with Crippen LogP contribution in [-0.2, 0) is 0 Å². The van der Waals surface area contributed by atoms with Crippen LogP contribution in [0.1, 0.15) is 53.2 Å². The van der Waals surface area contributed by atoms with Gasteiger partial charge in [0.2, 0.25) is 0 Å². The molecule has 1 unspecified atom stereocenters. The topological polar surface area (TPSA) is 70.7 Å². The summed E-state index contributed by atoms with van der Waals surface area (Å²) in [4.78, 5) is 28.3. The monoisotopic (exact) mass is 455 g/mol. The Hall–Kier alpha value is -3.80. The lowest BCUT2D eigenvalue weighted by atomic mass is 9.97. The molecule has 0 aliphatic carbocycles. The molecule has 174 valence electrons. The summed E-state index contributed by atoms with van der Waals surface area (Å²) in [5.41, 5.74) is 3.04. The third-order valence-electron chi connectivity index (χ3n) is 6.61. The number of ether oxygens (including phenoxy) is 1. The van der Waals surface area contributed by atoms with Crippen molar-refractivity contribution in [3.05, 3.63) is 95.6 Å². The van der Waals surface area contributed by atoms with Crippen molar-refractivity contribution in [2.45, 2.75) is 37.8 Å². The first-order valence-electron chi connectivity index (χ1n) is 11.9. The number of urea groups is 1. The van der Waals surface area contributed by atoms with E-state index in [1.807, 2.05) is 65.6 Å². The van der Waals surface area contributed by atoms with E-state index in [0.717, 1.165) is 43.4 Å². The molecule has 0 bridgehead atoms. The van der Waals surface area contributed by atoms with Crippen LogP contribution in [0.3, 0.4) is 0 Å². The number of nitrogens with one attached hydrogen (secondary N) is 2. The number of hydrogen-bond acceptors (Lipinski definition) is 3. The molecule has 3 aromatic rings. The molecular weight excluding hydrogens is 426 g/mol. The lowest BCUT2D eigenvalue weighted by Gasteiger charge is -2.37. The largest absolute Gasteiger partial charge is 0.493 e. The molecule has 1 atom stereocenters. The van der Waals surface area contributed by atoms with Crippen LogP contribution in [0.15, 0.2) is 78.9 Å². The number of hydrogen-bond donors (Lipinski definition) is 2. The van der Waals surface area contributed by atoms with Crippen LogP contribution >= 0.6 is 0 Å². The molecule has 5 rings (SSSR count). The quantitative estimate of drug-likeness (QED) is 0.555. The molecule has 2 aliphatic heterocycles. The molecule has 3 amide bonds. The van der Waals surface area contributed by atoms with Crippen LogP contribution < -0.4 is 15.4 Å². The second-order valence-corrected chi connectivity index (χ2v) is 8.85. The highest BCUT2D eigenvalue weighted by molar-refractivity contribution is 5.99. The van der Waals surface area contributed by atoms with Crippen molar-refractivity contribution in [3.8, 4) is 5.75 Å². The van der Waals surface area contributed by atoms with Gasteiger partial charge in [-0.05, 0) is 48.6 Å². The van der Waals surface area contributed by atoms with Gasteiger partial charge >= 0.3 is 6.03 Å². The van der Waals surface area contributed by atoms with Gasteiger partial charge in [0.1, 0.15) is 5.75 Å². The zero-order valence-electron chi connectivity index (χ0n) is 19.1. The van der Waals surface area contributed by atoms with Crippen LogP contribution in [0.5, 0.6) is 5.75 Å². The van der Waals surface area contributed by atoms with Gasteiger partial charge in [0.25, 0.3) is 5.91 Å². The summed E-state index contributed by atoms with van der Waals surface area (Å²) in [7, 11) is 0. The first-order chi connectivity index (χ1) is 16.7. The Balaban J connectivity index is 1.36. The maximum atomic E-state index is 13.3. The molecule has 0 saturated carbocycles. The Morgan fingerprint density at radius 3 is 2.32 bits per heavy atom. The maximum absolute atomic E-state index is 13.3. The summed E-state index contributed by atoms with van der Waals surface area (Å²) >= 11 is 0. The minimum absolute atomic E-state index is 0.0186. The number of amides is 3. The summed E-state index contributed by atoms with van der Waals surface area (Å²) in [5.74, 6) is 0.557. The fourth-order valence-corrected chi connectivity index (χ4v) is 4.88. The third kappa shape index (κ3) is 4.76. The smallest absolute Gasteiger partial charge is 0.319 e. The molecule has 0 radical (unpaired) electrons. The lowest BCUT2D eigenvalue weighted by Crippen LogP contribution is -2.45. The van der Waals surface area contributed by atoms with E-state index in [1.54, 1.807) is 18.2 Å². The fourth-order valence-electron chi connectivity index (χ4n) is 4.88. The van der Waals surface area contributed by atoms with Crippen molar-refractivity contribution in [1.29, 1.82) is 0 Å². The van der Waals surface area contributed by atoms with Crippen LogP contribution in [0.2, 0.25) is 0 Å². The molecule has 1 saturated heterocycles. The Morgan fingerprint density at radius 2 is 1.62 bits per heavy atom. The van der Waals surface area contributed by atoms with Crippen molar-refractivity contribution < 1.29 is 14.3 Å². The predicted molar refractivity (Wildman–Crippen MR) is 132 cm³/mol. The number of nitrogens with zero attached hydrogens (tertiary/aromatic N) is 1. The minimum Gasteiger partial charge on any atom is -0.493 e. The van der Waals surface area contributed by atoms with Gasteiger partial charge in [0.15, 0.2) is 0 Å². The number of benzene rings is 3. The Bertz CT molecular complexity index is 1110. The standard InChI is InChI=1S/C28H29N3O3/c32-27-24-19-22(14-15-25(24)34-18-16-23-13-7-8-17-31(23)27)29-28(33)30-26(20-9-3-1-4-10-20)21-11-5-2-6-12-21/h1-6,9-12,14-15,19,23,26H,7-8,13,16-18H2,(H2,29,30,33). The highest BCUT2D eigenvalue weighted by Crippen LogP contribution is 2.31. The van der Waals surface area contributed by atoms with Crippen molar-refractivity contribution in [2.75, 3.05) is 18.5 Å². The van der Waals surface area contributed by atoms with E-state index in [4.69, 9.17) is 4.74 Å². The highest BCUT2D eigenvalue weighted by Gasteiger charge is 2.31. The number of carbonyl (C=O) groups excluding carboxylic acids is 2. The van der Waals surface area contributed by atoms with E-state index in [-0.39, 0.29) is 24.0 Å². The molecule has 6 nitrogen and oxygen atoms in total. The molecule has 0 spiro atoms. The van der Waals surface area contributed by atoms with Crippen molar-refractivity contribution in [1.82, 2.24) is 10.2 Å². The van der Waals surface area contributed by atoms with Crippen LogP contribution in [0, 0.1) is 0 Å². The van der Waals surface area contributed by atoms with E-state index in [0.29, 0.717) is 23.6 Å². The van der Waals surface area contributed by atoms with Crippen LogP contribution in [0.25, 0.3) is 0 Å². The third-order valence-corrected chi connectivity index (χ3v) is 6.61. The van der Waals surface area contributed by atoms with Gasteiger partial charge in [-0.3, -0.25) is 4.79 Å². The van der Waals surface area contributed by atoms with Gasteiger partial charge in [-0.1, -0.05) is 60.7 Å². The average Bonchev–Trinajstić information content (AvgIpc) is 2.88. The first kappa shape index (κ1) is 22.0. The molecule has 2 aliphatic rings. The molecule has 2 N–H and O–H groups in total. The number of carbonyl (C=O) groups is 2. The van der Waals surface area contributed by atoms with E-state index in [1.165, 1.54) is 0 Å². The molecule has 0 aromatic heterocycles. The van der Waals surface area contributed by atoms with E-state index in [9.17, 15) is 9.59 Å². The molecule has 1 fully saturated rings. The van der Waals surface area contributed by atoms with Gasteiger partial charge in [-0.2, -0.15) is 0 Å². The summed E-state index contributed by atoms with van der Waals surface area (Å²) in [6.07, 6.45) is 4.05. The van der Waals surface area contributed by atoms with E-state index in [2.05, 4.69) is 10.6 Å². The molecule has 3 aromatic carbocycles. The van der Waals surface area contributed by atoms with Gasteiger partial charge in [-0.15, -0.1) is 0 Å². The Labute approximate surface area is 199 Å². The van der Waals surface area contributed by atoms with Crippen molar-refractivity contribution >= 4 is 17.6 Å². The van der Waals surface area contributed by atoms with Gasteiger partial charge in [0, 0.05) is 24.7 Å². The lowest BCUT2D eigenvalue weighted by molar-refractivity contribution is 0.0548. The normalized spacial score (nSPS) is 17.6. The van der Waals surface area contributed by atoms with Gasteiger partial charge < -0.3 is 20.3 Å². The first-order valence-corrected chi connectivity index (χ1v) is 11.9. The zero-order valence-corrected chi connectivity index (χ0v) is 19.1.